The third-order valence-electron chi connectivity index (χ3n) is 4.51. The topological polar surface area (TPSA) is 44.3 Å². The molecule has 0 unspecified atom stereocenters. The minimum Gasteiger partial charge on any atom is -0.341 e. The number of piperidine rings is 1. The molecule has 2 fully saturated rings. The molecule has 3 rings (SSSR count). The lowest BCUT2D eigenvalue weighted by atomic mass is 9.93. The van der Waals surface area contributed by atoms with Crippen LogP contribution in [0.4, 0.5) is 5.95 Å². The van der Waals surface area contributed by atoms with Crippen LogP contribution in [0, 0.1) is 5.92 Å². The molecule has 2 saturated heterocycles. The smallest absolute Gasteiger partial charge is 0.225 e. The minimum absolute atomic E-state index is 0.847. The van der Waals surface area contributed by atoms with Crippen molar-refractivity contribution in [1.82, 2.24) is 20.2 Å². The van der Waals surface area contributed by atoms with E-state index in [1.165, 1.54) is 30.7 Å². The van der Waals surface area contributed by atoms with Gasteiger partial charge in [-0.3, -0.25) is 0 Å². The number of anilines is 1. The second-order valence-electron chi connectivity index (χ2n) is 6.63. The van der Waals surface area contributed by atoms with Crippen LogP contribution in [0.3, 0.4) is 0 Å². The fourth-order valence-corrected chi connectivity index (χ4v) is 3.88. The molecular weight excluding hydrogens is 306 g/mol. The van der Waals surface area contributed by atoms with Crippen LogP contribution in [-0.4, -0.2) is 61.0 Å². The molecular formula is C17H27N5S. The largest absolute Gasteiger partial charge is 0.341 e. The molecule has 0 aliphatic carbocycles. The van der Waals surface area contributed by atoms with Gasteiger partial charge in [0.2, 0.25) is 5.95 Å². The molecule has 1 aromatic heterocycles. The van der Waals surface area contributed by atoms with Crippen LogP contribution in [-0.2, 0) is 0 Å². The summed E-state index contributed by atoms with van der Waals surface area (Å²) in [4.78, 5) is 15.2. The molecule has 3 heterocycles. The second-order valence-corrected chi connectivity index (χ2v) is 7.73. The highest BCUT2D eigenvalue weighted by atomic mass is 32.2. The van der Waals surface area contributed by atoms with Gasteiger partial charge in [0.1, 0.15) is 0 Å². The van der Waals surface area contributed by atoms with Crippen molar-refractivity contribution in [1.29, 1.82) is 0 Å². The third-order valence-corrected chi connectivity index (χ3v) is 5.50. The van der Waals surface area contributed by atoms with E-state index >= 15 is 0 Å². The Balaban J connectivity index is 1.57. The highest BCUT2D eigenvalue weighted by Crippen LogP contribution is 2.25. The molecule has 2 aliphatic heterocycles. The Hall–Kier alpha value is -1.11. The van der Waals surface area contributed by atoms with Gasteiger partial charge in [-0.25, -0.2) is 9.97 Å². The fourth-order valence-electron chi connectivity index (χ4n) is 3.08. The van der Waals surface area contributed by atoms with E-state index in [-0.39, 0.29) is 0 Å². The number of nitrogens with one attached hydrogen (secondary N) is 1. The first-order valence-corrected chi connectivity index (χ1v) is 9.46. The Morgan fingerprint density at radius 1 is 1.39 bits per heavy atom. The van der Waals surface area contributed by atoms with Gasteiger partial charge in [-0.1, -0.05) is 0 Å². The first-order valence-electron chi connectivity index (χ1n) is 8.47. The van der Waals surface area contributed by atoms with Crippen molar-refractivity contribution in [3.05, 3.63) is 22.9 Å². The average Bonchev–Trinajstić information content (AvgIpc) is 3.07. The Labute approximate surface area is 143 Å². The Morgan fingerprint density at radius 3 is 2.91 bits per heavy atom. The summed E-state index contributed by atoms with van der Waals surface area (Å²) in [5.74, 6) is 2.74. The maximum absolute atomic E-state index is 4.75. The van der Waals surface area contributed by atoms with Crippen LogP contribution in [0.25, 0.3) is 6.08 Å². The second kappa shape index (κ2) is 8.13. The number of nitrogens with zero attached hydrogens (tertiary/aromatic N) is 4. The molecule has 0 bridgehead atoms. The molecule has 0 spiro atoms. The lowest BCUT2D eigenvalue weighted by molar-refractivity contribution is 0.312. The summed E-state index contributed by atoms with van der Waals surface area (Å²) < 4.78 is 0. The predicted molar refractivity (Wildman–Crippen MR) is 98.6 cm³/mol. The minimum atomic E-state index is 0.847. The maximum Gasteiger partial charge on any atom is 0.225 e. The molecule has 0 saturated carbocycles. The van der Waals surface area contributed by atoms with E-state index in [1.807, 2.05) is 24.0 Å². The van der Waals surface area contributed by atoms with Crippen molar-refractivity contribution < 1.29 is 0 Å². The van der Waals surface area contributed by atoms with E-state index in [9.17, 15) is 0 Å². The van der Waals surface area contributed by atoms with Crippen LogP contribution >= 0.6 is 11.8 Å². The summed E-state index contributed by atoms with van der Waals surface area (Å²) in [7, 11) is 4.31. The number of rotatable bonds is 5. The normalized spacial score (nSPS) is 21.5. The van der Waals surface area contributed by atoms with Crippen molar-refractivity contribution in [3.8, 4) is 0 Å². The zero-order valence-corrected chi connectivity index (χ0v) is 15.0. The first-order chi connectivity index (χ1) is 11.2. The van der Waals surface area contributed by atoms with Crippen LogP contribution in [0.15, 0.2) is 17.2 Å². The zero-order chi connectivity index (χ0) is 16.1. The summed E-state index contributed by atoms with van der Waals surface area (Å²) in [6.07, 6.45) is 7.88. The van der Waals surface area contributed by atoms with E-state index in [1.54, 1.807) is 0 Å². The van der Waals surface area contributed by atoms with Gasteiger partial charge in [0, 0.05) is 36.6 Å². The number of hydrogen-bond acceptors (Lipinski definition) is 6. The molecule has 0 aromatic carbocycles. The van der Waals surface area contributed by atoms with Crippen LogP contribution in [0.5, 0.6) is 0 Å². The van der Waals surface area contributed by atoms with Gasteiger partial charge in [0.05, 0.1) is 5.69 Å². The fraction of sp³-hybridized carbons (Fsp3) is 0.647. The highest BCUT2D eigenvalue weighted by Gasteiger charge is 2.21. The molecule has 0 radical (unpaired) electrons. The summed E-state index contributed by atoms with van der Waals surface area (Å²) in [5, 5.41) is 3.33. The van der Waals surface area contributed by atoms with E-state index in [4.69, 9.17) is 4.98 Å². The molecule has 0 amide bonds. The molecule has 0 atom stereocenters. The molecule has 1 aromatic rings. The van der Waals surface area contributed by atoms with Crippen molar-refractivity contribution in [2.24, 2.45) is 5.92 Å². The summed E-state index contributed by atoms with van der Waals surface area (Å²) in [5.41, 5.74) is 1.02. The van der Waals surface area contributed by atoms with E-state index in [0.717, 1.165) is 43.1 Å². The van der Waals surface area contributed by atoms with Gasteiger partial charge in [0.25, 0.3) is 0 Å². The van der Waals surface area contributed by atoms with Gasteiger partial charge in [-0.05, 0) is 58.0 Å². The standard InChI is InChI=1S/C17H27N5S/c1-21(2)8-4-14-5-9-22(10-6-14)17-19-7-3-15(20-17)11-16-12-18-13-23-16/h3,7,11,14,18H,4-6,8-10,12-13H2,1-2H3/b16-11-. The maximum atomic E-state index is 4.75. The monoisotopic (exact) mass is 333 g/mol. The van der Waals surface area contributed by atoms with Crippen molar-refractivity contribution >= 4 is 23.8 Å². The van der Waals surface area contributed by atoms with E-state index in [0.29, 0.717) is 0 Å². The van der Waals surface area contributed by atoms with Crippen molar-refractivity contribution in [2.75, 3.05) is 51.1 Å². The lowest BCUT2D eigenvalue weighted by Gasteiger charge is -2.32. The van der Waals surface area contributed by atoms with Gasteiger partial charge in [-0.15, -0.1) is 11.8 Å². The average molecular weight is 334 g/mol. The quantitative estimate of drug-likeness (QED) is 0.892. The summed E-state index contributed by atoms with van der Waals surface area (Å²) >= 11 is 1.86. The molecule has 23 heavy (non-hydrogen) atoms. The molecule has 126 valence electrons. The Kier molecular flexibility index (Phi) is 5.91. The first kappa shape index (κ1) is 16.7. The van der Waals surface area contributed by atoms with Crippen molar-refractivity contribution in [3.63, 3.8) is 0 Å². The van der Waals surface area contributed by atoms with Gasteiger partial charge < -0.3 is 15.1 Å². The zero-order valence-electron chi connectivity index (χ0n) is 14.2. The molecule has 5 nitrogen and oxygen atoms in total. The predicted octanol–water partition coefficient (Wildman–Crippen LogP) is 2.28. The van der Waals surface area contributed by atoms with Crippen LogP contribution in [0.2, 0.25) is 0 Å². The van der Waals surface area contributed by atoms with E-state index in [2.05, 4.69) is 40.3 Å². The molecule has 2 aliphatic rings. The number of hydrogen-bond donors (Lipinski definition) is 1. The summed E-state index contributed by atoms with van der Waals surface area (Å²) in [6.45, 7) is 4.31. The Bertz CT molecular complexity index is 530. The van der Waals surface area contributed by atoms with Gasteiger partial charge >= 0.3 is 0 Å². The lowest BCUT2D eigenvalue weighted by Crippen LogP contribution is -2.35. The van der Waals surface area contributed by atoms with Crippen LogP contribution < -0.4 is 10.2 Å². The summed E-state index contributed by atoms with van der Waals surface area (Å²) in [6, 6.07) is 2.00. The number of aromatic nitrogens is 2. The number of thioether (sulfide) groups is 1. The third kappa shape index (κ3) is 4.93. The van der Waals surface area contributed by atoms with Crippen molar-refractivity contribution in [2.45, 2.75) is 19.3 Å². The molecule has 6 heteroatoms. The van der Waals surface area contributed by atoms with Gasteiger partial charge in [0.15, 0.2) is 0 Å². The Morgan fingerprint density at radius 2 is 2.22 bits per heavy atom. The van der Waals surface area contributed by atoms with Crippen LogP contribution in [0.1, 0.15) is 25.0 Å². The van der Waals surface area contributed by atoms with E-state index < -0.39 is 0 Å². The molecule has 1 N–H and O–H groups in total. The van der Waals surface area contributed by atoms with Gasteiger partial charge in [-0.2, -0.15) is 0 Å². The highest BCUT2D eigenvalue weighted by molar-refractivity contribution is 8.03. The SMILES string of the molecule is CN(C)CCC1CCN(c2nccc(/C=C3/CNCS3)n2)CC1.